The molecule has 0 aromatic heterocycles. The third kappa shape index (κ3) is 4.13. The van der Waals surface area contributed by atoms with E-state index in [0.717, 1.165) is 12.0 Å². The number of likely N-dealkylation sites (tertiary alicyclic amines) is 1. The van der Waals surface area contributed by atoms with E-state index in [1.54, 1.807) is 24.1 Å². The second-order valence-corrected chi connectivity index (χ2v) is 5.89. The average Bonchev–Trinajstić information content (AvgIpc) is 2.52. The van der Waals surface area contributed by atoms with Gasteiger partial charge in [0.25, 0.3) is 0 Å². The van der Waals surface area contributed by atoms with E-state index in [1.165, 1.54) is 0 Å². The molecule has 0 saturated carbocycles. The Labute approximate surface area is 134 Å². The number of carbonyl (C=O) groups is 2. The predicted molar refractivity (Wildman–Crippen MR) is 83.3 cm³/mol. The van der Waals surface area contributed by atoms with Crippen molar-refractivity contribution < 1.29 is 19.4 Å². The smallest absolute Gasteiger partial charge is 0.308 e. The van der Waals surface area contributed by atoms with Gasteiger partial charge in [-0.15, -0.1) is 0 Å². The molecule has 22 heavy (non-hydrogen) atoms. The monoisotopic (exact) mass is 325 g/mol. The first-order valence-corrected chi connectivity index (χ1v) is 7.72. The molecule has 1 atom stereocenters. The molecule has 1 amide bonds. The SMILES string of the molecule is COc1ccc(CCC(=O)N2CCC[C@H](C(=O)O)C2)cc1Cl. The highest BCUT2D eigenvalue weighted by Gasteiger charge is 2.27. The first-order chi connectivity index (χ1) is 10.5. The van der Waals surface area contributed by atoms with Crippen molar-refractivity contribution in [3.63, 3.8) is 0 Å². The number of rotatable bonds is 5. The van der Waals surface area contributed by atoms with Gasteiger partial charge in [0.1, 0.15) is 5.75 Å². The Morgan fingerprint density at radius 2 is 2.23 bits per heavy atom. The van der Waals surface area contributed by atoms with Gasteiger partial charge in [0, 0.05) is 19.5 Å². The fourth-order valence-corrected chi connectivity index (χ4v) is 2.96. The molecule has 1 heterocycles. The molecule has 2 rings (SSSR count). The van der Waals surface area contributed by atoms with Crippen LogP contribution in [0.5, 0.6) is 5.75 Å². The lowest BCUT2D eigenvalue weighted by atomic mass is 9.97. The molecule has 1 fully saturated rings. The molecule has 1 aromatic rings. The minimum absolute atomic E-state index is 0.00195. The predicted octanol–water partition coefficient (Wildman–Crippen LogP) is 2.60. The molecule has 0 unspecified atom stereocenters. The summed E-state index contributed by atoms with van der Waals surface area (Å²) in [6, 6.07) is 5.46. The number of methoxy groups -OCH3 is 1. The summed E-state index contributed by atoms with van der Waals surface area (Å²) in [4.78, 5) is 24.9. The number of hydrogen-bond donors (Lipinski definition) is 1. The van der Waals surface area contributed by atoms with Gasteiger partial charge in [-0.25, -0.2) is 0 Å². The molecule has 0 bridgehead atoms. The number of carboxylic acids is 1. The number of piperidine rings is 1. The Bertz CT molecular complexity index is 561. The summed E-state index contributed by atoms with van der Waals surface area (Å²) in [5.74, 6) is -0.650. The quantitative estimate of drug-likeness (QED) is 0.903. The van der Waals surface area contributed by atoms with E-state index in [9.17, 15) is 9.59 Å². The van der Waals surface area contributed by atoms with E-state index >= 15 is 0 Å². The zero-order valence-electron chi connectivity index (χ0n) is 12.5. The highest BCUT2D eigenvalue weighted by atomic mass is 35.5. The van der Waals surface area contributed by atoms with Crippen molar-refractivity contribution >= 4 is 23.5 Å². The molecule has 0 radical (unpaired) electrons. The second kappa shape index (κ2) is 7.49. The van der Waals surface area contributed by atoms with E-state index in [2.05, 4.69) is 0 Å². The highest BCUT2D eigenvalue weighted by Crippen LogP contribution is 2.25. The van der Waals surface area contributed by atoms with E-state index < -0.39 is 11.9 Å². The van der Waals surface area contributed by atoms with Crippen molar-refractivity contribution in [2.24, 2.45) is 5.92 Å². The molecule has 5 nitrogen and oxygen atoms in total. The van der Waals surface area contributed by atoms with Crippen LogP contribution in [0.1, 0.15) is 24.8 Å². The minimum Gasteiger partial charge on any atom is -0.495 e. The Kier molecular flexibility index (Phi) is 5.66. The largest absolute Gasteiger partial charge is 0.495 e. The second-order valence-electron chi connectivity index (χ2n) is 5.49. The Morgan fingerprint density at radius 3 is 2.86 bits per heavy atom. The highest BCUT2D eigenvalue weighted by molar-refractivity contribution is 6.32. The normalized spacial score (nSPS) is 18.1. The van der Waals surface area contributed by atoms with E-state index in [-0.39, 0.29) is 5.91 Å². The van der Waals surface area contributed by atoms with Crippen LogP contribution in [0.4, 0.5) is 0 Å². The number of hydrogen-bond acceptors (Lipinski definition) is 3. The van der Waals surface area contributed by atoms with Gasteiger partial charge in [0.15, 0.2) is 0 Å². The number of carboxylic acid groups (broad SMARTS) is 1. The minimum atomic E-state index is -0.820. The van der Waals surface area contributed by atoms with E-state index in [0.29, 0.717) is 43.1 Å². The topological polar surface area (TPSA) is 66.8 Å². The number of aliphatic carboxylic acids is 1. The lowest BCUT2D eigenvalue weighted by Gasteiger charge is -2.30. The molecule has 1 N–H and O–H groups in total. The van der Waals surface area contributed by atoms with Crippen molar-refractivity contribution in [1.82, 2.24) is 4.90 Å². The Hall–Kier alpha value is -1.75. The summed E-state index contributed by atoms with van der Waals surface area (Å²) in [5, 5.41) is 9.59. The van der Waals surface area contributed by atoms with Crippen molar-refractivity contribution in [3.8, 4) is 5.75 Å². The number of benzene rings is 1. The fourth-order valence-electron chi connectivity index (χ4n) is 2.68. The number of aryl methyl sites for hydroxylation is 1. The lowest BCUT2D eigenvalue weighted by Crippen LogP contribution is -2.42. The number of nitrogens with zero attached hydrogens (tertiary/aromatic N) is 1. The fraction of sp³-hybridized carbons (Fsp3) is 0.500. The van der Waals surface area contributed by atoms with Crippen LogP contribution in [0.15, 0.2) is 18.2 Å². The van der Waals surface area contributed by atoms with E-state index in [1.807, 2.05) is 6.07 Å². The van der Waals surface area contributed by atoms with Crippen LogP contribution in [-0.2, 0) is 16.0 Å². The summed E-state index contributed by atoms with van der Waals surface area (Å²) in [6.45, 7) is 0.962. The molecular weight excluding hydrogens is 306 g/mol. The van der Waals surface area contributed by atoms with Gasteiger partial charge in [-0.05, 0) is 37.0 Å². The summed E-state index contributed by atoms with van der Waals surface area (Å²) >= 11 is 6.06. The molecule has 1 saturated heterocycles. The van der Waals surface area contributed by atoms with Crippen LogP contribution >= 0.6 is 11.6 Å². The first kappa shape index (κ1) is 16.6. The van der Waals surface area contributed by atoms with Crippen molar-refractivity contribution in [2.75, 3.05) is 20.2 Å². The van der Waals surface area contributed by atoms with E-state index in [4.69, 9.17) is 21.4 Å². The van der Waals surface area contributed by atoms with Gasteiger partial charge < -0.3 is 14.7 Å². The molecule has 0 aliphatic carbocycles. The Morgan fingerprint density at radius 1 is 1.45 bits per heavy atom. The average molecular weight is 326 g/mol. The first-order valence-electron chi connectivity index (χ1n) is 7.34. The maximum Gasteiger partial charge on any atom is 0.308 e. The Balaban J connectivity index is 1.89. The third-order valence-corrected chi connectivity index (χ3v) is 4.26. The van der Waals surface area contributed by atoms with Crippen LogP contribution in [0.25, 0.3) is 0 Å². The molecule has 120 valence electrons. The van der Waals surface area contributed by atoms with Gasteiger partial charge in [-0.3, -0.25) is 9.59 Å². The zero-order chi connectivity index (χ0) is 16.1. The number of amides is 1. The third-order valence-electron chi connectivity index (χ3n) is 3.97. The zero-order valence-corrected chi connectivity index (χ0v) is 13.3. The summed E-state index contributed by atoms with van der Waals surface area (Å²) in [6.07, 6.45) is 2.33. The van der Waals surface area contributed by atoms with Crippen LogP contribution < -0.4 is 4.74 Å². The molecule has 0 spiro atoms. The summed E-state index contributed by atoms with van der Waals surface area (Å²) < 4.78 is 5.09. The van der Waals surface area contributed by atoms with Crippen molar-refractivity contribution in [2.45, 2.75) is 25.7 Å². The molecule has 1 aromatic carbocycles. The standard InChI is InChI=1S/C16H20ClNO4/c1-22-14-6-4-11(9-13(14)17)5-7-15(19)18-8-2-3-12(10-18)16(20)21/h4,6,9,12H,2-3,5,7-8,10H2,1H3,(H,20,21)/t12-/m0/s1. The van der Waals surface area contributed by atoms with Gasteiger partial charge in [-0.2, -0.15) is 0 Å². The molecular formula is C16H20ClNO4. The van der Waals surface area contributed by atoms with Crippen LogP contribution in [0.3, 0.4) is 0 Å². The molecule has 1 aliphatic heterocycles. The maximum atomic E-state index is 12.2. The van der Waals surface area contributed by atoms with Crippen LogP contribution in [0, 0.1) is 5.92 Å². The summed E-state index contributed by atoms with van der Waals surface area (Å²) in [5.41, 5.74) is 0.964. The van der Waals surface area contributed by atoms with Crippen molar-refractivity contribution in [1.29, 1.82) is 0 Å². The summed E-state index contributed by atoms with van der Waals surface area (Å²) in [7, 11) is 1.56. The van der Waals surface area contributed by atoms with Gasteiger partial charge in [0.05, 0.1) is 18.1 Å². The van der Waals surface area contributed by atoms with Crippen molar-refractivity contribution in [3.05, 3.63) is 28.8 Å². The van der Waals surface area contributed by atoms with Gasteiger partial charge in [-0.1, -0.05) is 17.7 Å². The maximum absolute atomic E-state index is 12.2. The molecule has 1 aliphatic rings. The van der Waals surface area contributed by atoms with Crippen LogP contribution in [0.2, 0.25) is 5.02 Å². The van der Waals surface area contributed by atoms with Crippen LogP contribution in [-0.4, -0.2) is 42.1 Å². The number of halogens is 1. The number of ether oxygens (including phenoxy) is 1. The van der Waals surface area contributed by atoms with Gasteiger partial charge >= 0.3 is 5.97 Å². The number of carbonyl (C=O) groups excluding carboxylic acids is 1. The molecule has 6 heteroatoms. The lowest BCUT2D eigenvalue weighted by molar-refractivity contribution is -0.145. The van der Waals surface area contributed by atoms with Gasteiger partial charge in [0.2, 0.25) is 5.91 Å².